The highest BCUT2D eigenvalue weighted by atomic mass is 32.1. The van der Waals surface area contributed by atoms with E-state index in [0.717, 1.165) is 22.4 Å². The number of ether oxygens (including phenoxy) is 1. The molecule has 0 saturated carbocycles. The summed E-state index contributed by atoms with van der Waals surface area (Å²) in [5.41, 5.74) is 2.17. The Bertz CT molecular complexity index is 1050. The number of thiol groups is 1. The number of amides is 1. The fourth-order valence-corrected chi connectivity index (χ4v) is 3.82. The normalized spacial score (nSPS) is 17.6. The van der Waals surface area contributed by atoms with Crippen molar-refractivity contribution in [1.29, 1.82) is 0 Å². The number of benzene rings is 3. The molecule has 3 aromatic carbocycles. The minimum absolute atomic E-state index is 0.145. The average Bonchev–Trinajstić information content (AvgIpc) is 3.01. The van der Waals surface area contributed by atoms with Gasteiger partial charge in [0.15, 0.2) is 0 Å². The van der Waals surface area contributed by atoms with E-state index in [4.69, 9.17) is 8.92 Å². The number of rotatable bonds is 4. The summed E-state index contributed by atoms with van der Waals surface area (Å²) in [4.78, 5) is 24.5. The Kier molecular flexibility index (Phi) is 4.57. The number of esters is 1. The van der Waals surface area contributed by atoms with E-state index in [-0.39, 0.29) is 5.91 Å². The van der Waals surface area contributed by atoms with Crippen LogP contribution < -0.4 is 14.2 Å². The maximum atomic E-state index is 13.3. The molecule has 28 heavy (non-hydrogen) atoms. The van der Waals surface area contributed by atoms with Crippen LogP contribution in [0.4, 0.5) is 5.69 Å². The van der Waals surface area contributed by atoms with Gasteiger partial charge in [0, 0.05) is 31.1 Å². The van der Waals surface area contributed by atoms with Crippen LogP contribution in [0, 0.1) is 0 Å². The van der Waals surface area contributed by atoms with E-state index >= 15 is 0 Å². The molecule has 0 spiro atoms. The molecule has 1 unspecified atom stereocenters. The second-order valence-corrected chi connectivity index (χ2v) is 6.67. The number of anilines is 1. The van der Waals surface area contributed by atoms with Crippen molar-refractivity contribution in [3.05, 3.63) is 89.5 Å². The number of hydrogen-bond donors (Lipinski definition) is 2. The van der Waals surface area contributed by atoms with Crippen LogP contribution in [-0.2, 0) is 15.0 Å². The molecule has 0 saturated heterocycles. The molecule has 0 fully saturated rings. The number of carbonyl (C=O) groups is 2. The quantitative estimate of drug-likeness (QED) is 0.304. The van der Waals surface area contributed by atoms with Crippen molar-refractivity contribution in [3.8, 4) is 11.5 Å². The van der Waals surface area contributed by atoms with E-state index in [9.17, 15) is 9.59 Å². The maximum Gasteiger partial charge on any atom is 0.308 e. The molecule has 5 nitrogen and oxygen atoms in total. The van der Waals surface area contributed by atoms with Gasteiger partial charge in [-0.05, 0) is 41.5 Å². The van der Waals surface area contributed by atoms with E-state index in [0.29, 0.717) is 11.5 Å². The van der Waals surface area contributed by atoms with Gasteiger partial charge in [-0.1, -0.05) is 42.5 Å². The smallest absolute Gasteiger partial charge is 0.308 e. The van der Waals surface area contributed by atoms with Crippen molar-refractivity contribution in [1.82, 2.24) is 0 Å². The summed E-state index contributed by atoms with van der Waals surface area (Å²) in [5.74, 6) is 0.471. The SMILES string of the molecule is CC(=O)Oc1ccc(C2(c3ccc(OS)cc3)C(=O)Nc3ccccc32)cc1. The van der Waals surface area contributed by atoms with E-state index in [1.54, 1.807) is 24.3 Å². The van der Waals surface area contributed by atoms with Crippen molar-refractivity contribution in [2.75, 3.05) is 5.32 Å². The predicted octanol–water partition coefficient (Wildman–Crippen LogP) is 4.12. The van der Waals surface area contributed by atoms with Crippen LogP contribution in [0.2, 0.25) is 0 Å². The molecule has 140 valence electrons. The first-order valence-electron chi connectivity index (χ1n) is 8.67. The average molecular weight is 391 g/mol. The molecule has 0 radical (unpaired) electrons. The lowest BCUT2D eigenvalue weighted by molar-refractivity contribution is -0.131. The van der Waals surface area contributed by atoms with Gasteiger partial charge in [-0.15, -0.1) is 0 Å². The predicted molar refractivity (Wildman–Crippen MR) is 109 cm³/mol. The highest BCUT2D eigenvalue weighted by Crippen LogP contribution is 2.48. The van der Waals surface area contributed by atoms with Crippen molar-refractivity contribution in [2.24, 2.45) is 0 Å². The van der Waals surface area contributed by atoms with Gasteiger partial charge in [-0.25, -0.2) is 0 Å². The minimum atomic E-state index is -1.03. The fraction of sp³-hybridized carbons (Fsp3) is 0.0909. The summed E-state index contributed by atoms with van der Waals surface area (Å²) in [5, 5.41) is 2.99. The van der Waals surface area contributed by atoms with Gasteiger partial charge in [-0.3, -0.25) is 9.59 Å². The Morgan fingerprint density at radius 3 is 2.04 bits per heavy atom. The lowest BCUT2D eigenvalue weighted by atomic mass is 9.70. The van der Waals surface area contributed by atoms with Crippen LogP contribution in [0.15, 0.2) is 72.8 Å². The molecule has 3 aromatic rings. The van der Waals surface area contributed by atoms with Gasteiger partial charge in [0.1, 0.15) is 16.9 Å². The molecular weight excluding hydrogens is 374 g/mol. The Labute approximate surface area is 167 Å². The fourth-order valence-electron chi connectivity index (χ4n) is 3.70. The zero-order chi connectivity index (χ0) is 19.7. The lowest BCUT2D eigenvalue weighted by Crippen LogP contribution is -2.37. The zero-order valence-electron chi connectivity index (χ0n) is 15.0. The van der Waals surface area contributed by atoms with Gasteiger partial charge >= 0.3 is 5.97 Å². The molecule has 1 atom stereocenters. The van der Waals surface area contributed by atoms with Gasteiger partial charge in [-0.2, -0.15) is 0 Å². The van der Waals surface area contributed by atoms with Crippen molar-refractivity contribution in [2.45, 2.75) is 12.3 Å². The molecule has 1 heterocycles. The van der Waals surface area contributed by atoms with Crippen LogP contribution in [0.1, 0.15) is 23.6 Å². The Morgan fingerprint density at radius 1 is 0.893 bits per heavy atom. The molecule has 0 bridgehead atoms. The third kappa shape index (κ3) is 2.82. The van der Waals surface area contributed by atoms with Crippen molar-refractivity contribution >= 4 is 30.5 Å². The first-order chi connectivity index (χ1) is 13.6. The molecule has 1 aliphatic rings. The topological polar surface area (TPSA) is 64.6 Å². The molecular formula is C22H17NO4S. The van der Waals surface area contributed by atoms with Gasteiger partial charge < -0.3 is 14.2 Å². The van der Waals surface area contributed by atoms with E-state index in [2.05, 4.69) is 18.2 Å². The first kappa shape index (κ1) is 18.1. The third-order valence-electron chi connectivity index (χ3n) is 4.86. The lowest BCUT2D eigenvalue weighted by Gasteiger charge is -2.29. The highest BCUT2D eigenvalue weighted by molar-refractivity contribution is 7.75. The molecule has 0 aliphatic carbocycles. The molecule has 6 heteroatoms. The van der Waals surface area contributed by atoms with Crippen LogP contribution in [-0.4, -0.2) is 11.9 Å². The Balaban J connectivity index is 1.92. The van der Waals surface area contributed by atoms with Crippen LogP contribution >= 0.6 is 12.9 Å². The van der Waals surface area contributed by atoms with Gasteiger partial charge in [0.2, 0.25) is 5.91 Å². The van der Waals surface area contributed by atoms with Crippen molar-refractivity contribution in [3.63, 3.8) is 0 Å². The monoisotopic (exact) mass is 391 g/mol. The van der Waals surface area contributed by atoms with Crippen LogP contribution in [0.3, 0.4) is 0 Å². The molecule has 1 N–H and O–H groups in total. The highest BCUT2D eigenvalue weighted by Gasteiger charge is 2.49. The van der Waals surface area contributed by atoms with Crippen LogP contribution in [0.5, 0.6) is 11.5 Å². The summed E-state index contributed by atoms with van der Waals surface area (Å²) in [6.45, 7) is 1.35. The second-order valence-electron chi connectivity index (χ2n) is 6.48. The standard InChI is InChI=1S/C22H17NO4S/c1-14(24)26-17-10-6-15(7-11-17)22(16-8-12-18(27-28)13-9-16)19-4-2-3-5-20(19)23-21(22)25/h2-13,28H,1H3,(H,23,25). The number of carbonyl (C=O) groups excluding carboxylic acids is 2. The van der Waals surface area contributed by atoms with E-state index in [1.165, 1.54) is 6.92 Å². The van der Waals surface area contributed by atoms with E-state index in [1.807, 2.05) is 48.5 Å². The second kappa shape index (κ2) is 7.05. The number of fused-ring (bicyclic) bond motifs is 1. The maximum absolute atomic E-state index is 13.3. The van der Waals surface area contributed by atoms with Crippen LogP contribution in [0.25, 0.3) is 0 Å². The third-order valence-corrected chi connectivity index (χ3v) is 5.07. The summed E-state index contributed by atoms with van der Waals surface area (Å²) < 4.78 is 10.1. The summed E-state index contributed by atoms with van der Waals surface area (Å²) in [6, 6.07) is 21.9. The largest absolute Gasteiger partial charge is 0.429 e. The number of para-hydroxylation sites is 1. The summed E-state index contributed by atoms with van der Waals surface area (Å²) in [6.07, 6.45) is 0. The number of hydrogen-bond acceptors (Lipinski definition) is 5. The zero-order valence-corrected chi connectivity index (χ0v) is 15.9. The summed E-state index contributed by atoms with van der Waals surface area (Å²) >= 11 is 3.83. The molecule has 1 amide bonds. The summed E-state index contributed by atoms with van der Waals surface area (Å²) in [7, 11) is 0. The molecule has 0 aromatic heterocycles. The molecule has 1 aliphatic heterocycles. The first-order valence-corrected chi connectivity index (χ1v) is 9.04. The number of nitrogens with one attached hydrogen (secondary N) is 1. The van der Waals surface area contributed by atoms with E-state index < -0.39 is 11.4 Å². The minimum Gasteiger partial charge on any atom is -0.429 e. The Morgan fingerprint density at radius 2 is 1.46 bits per heavy atom. The van der Waals surface area contributed by atoms with Gasteiger partial charge in [0.25, 0.3) is 0 Å². The molecule has 4 rings (SSSR count). The Hall–Kier alpha value is -3.25. The van der Waals surface area contributed by atoms with Crippen molar-refractivity contribution < 1.29 is 18.5 Å². The van der Waals surface area contributed by atoms with Gasteiger partial charge in [0.05, 0.1) is 0 Å².